The van der Waals surface area contributed by atoms with Crippen molar-refractivity contribution in [1.29, 1.82) is 0 Å². The molecule has 1 heterocycles. The molecule has 1 fully saturated rings. The molecule has 1 aromatic heterocycles. The molecule has 1 atom stereocenters. The van der Waals surface area contributed by atoms with Crippen LogP contribution in [0.1, 0.15) is 53.4 Å². The average molecular weight is 400 g/mol. The molecule has 0 aliphatic heterocycles. The van der Waals surface area contributed by atoms with Gasteiger partial charge in [-0.05, 0) is 36.1 Å². The summed E-state index contributed by atoms with van der Waals surface area (Å²) in [5.41, 5.74) is 1.08. The Balaban J connectivity index is 1.69. The molecule has 8 heteroatoms. The van der Waals surface area contributed by atoms with E-state index in [0.29, 0.717) is 23.0 Å². The van der Waals surface area contributed by atoms with Gasteiger partial charge in [0.15, 0.2) is 5.82 Å². The number of alkyl halides is 2. The molecule has 0 spiro atoms. The molecule has 1 unspecified atom stereocenters. The molecule has 26 heavy (non-hydrogen) atoms. The van der Waals surface area contributed by atoms with Gasteiger partial charge in [-0.25, -0.2) is 18.7 Å². The van der Waals surface area contributed by atoms with Gasteiger partial charge >= 0.3 is 0 Å². The summed E-state index contributed by atoms with van der Waals surface area (Å²) in [6.45, 7) is 0.353. The fourth-order valence-electron chi connectivity index (χ4n) is 2.75. The Bertz CT molecular complexity index is 783. The van der Waals surface area contributed by atoms with Gasteiger partial charge < -0.3 is 5.32 Å². The molecule has 3 rings (SSSR count). The Morgan fingerprint density at radius 2 is 1.92 bits per heavy atom. The van der Waals surface area contributed by atoms with Gasteiger partial charge in [0.05, 0.1) is 10.6 Å². The van der Waals surface area contributed by atoms with Crippen LogP contribution in [-0.2, 0) is 0 Å². The summed E-state index contributed by atoms with van der Waals surface area (Å²) in [5.74, 6) is -0.247. The highest BCUT2D eigenvalue weighted by Crippen LogP contribution is 2.38. The summed E-state index contributed by atoms with van der Waals surface area (Å²) >= 11 is 11.9. The second-order valence-corrected chi connectivity index (χ2v) is 7.23. The van der Waals surface area contributed by atoms with Gasteiger partial charge in [-0.3, -0.25) is 4.79 Å². The fraction of sp³-hybridized carbons (Fsp3) is 0.389. The van der Waals surface area contributed by atoms with E-state index in [2.05, 4.69) is 15.3 Å². The molecule has 1 aliphatic rings. The van der Waals surface area contributed by atoms with Crippen LogP contribution in [0.15, 0.2) is 30.6 Å². The number of aromatic nitrogens is 2. The lowest BCUT2D eigenvalue weighted by Gasteiger charge is -2.18. The Labute approximate surface area is 159 Å². The van der Waals surface area contributed by atoms with Crippen LogP contribution < -0.4 is 5.32 Å². The molecule has 1 saturated carbocycles. The lowest BCUT2D eigenvalue weighted by Crippen LogP contribution is -2.29. The van der Waals surface area contributed by atoms with E-state index in [-0.39, 0.29) is 16.8 Å². The molecule has 2 aromatic rings. The molecular weight excluding hydrogens is 383 g/mol. The predicted octanol–water partition coefficient (Wildman–Crippen LogP) is 5.03. The molecule has 0 bridgehead atoms. The van der Waals surface area contributed by atoms with Gasteiger partial charge in [-0.15, -0.1) is 0 Å². The van der Waals surface area contributed by atoms with E-state index < -0.39 is 12.2 Å². The number of amides is 1. The molecule has 1 aromatic carbocycles. The molecule has 138 valence electrons. The number of benzene rings is 1. The minimum Gasteiger partial charge on any atom is -0.351 e. The first-order valence-corrected chi connectivity index (χ1v) is 9.03. The minimum atomic E-state index is -2.70. The number of carbonyl (C=O) groups excluding carboxylic acids is 1. The van der Waals surface area contributed by atoms with E-state index in [4.69, 9.17) is 23.2 Å². The number of hydrogen-bond donors (Lipinski definition) is 1. The van der Waals surface area contributed by atoms with Crippen LogP contribution in [0.4, 0.5) is 8.78 Å². The third-order valence-electron chi connectivity index (χ3n) is 4.36. The lowest BCUT2D eigenvalue weighted by molar-refractivity contribution is 0.0950. The Kier molecular flexibility index (Phi) is 6.04. The lowest BCUT2D eigenvalue weighted by atomic mass is 9.95. The van der Waals surface area contributed by atoms with Crippen molar-refractivity contribution >= 4 is 29.1 Å². The third-order valence-corrected chi connectivity index (χ3v) is 4.91. The van der Waals surface area contributed by atoms with Crippen molar-refractivity contribution in [1.82, 2.24) is 15.3 Å². The molecule has 1 aliphatic carbocycles. The minimum absolute atomic E-state index is 0.0377. The molecule has 1 amide bonds. The Morgan fingerprint density at radius 3 is 2.50 bits per heavy atom. The first kappa shape index (κ1) is 19.0. The maximum absolute atomic E-state index is 12.6. The van der Waals surface area contributed by atoms with Gasteiger partial charge in [-0.1, -0.05) is 36.0 Å². The highest BCUT2D eigenvalue weighted by Gasteiger charge is 2.27. The second kappa shape index (κ2) is 8.27. The topological polar surface area (TPSA) is 54.9 Å². The van der Waals surface area contributed by atoms with Crippen molar-refractivity contribution in [2.24, 2.45) is 5.92 Å². The van der Waals surface area contributed by atoms with Gasteiger partial charge in [0.2, 0.25) is 0 Å². The van der Waals surface area contributed by atoms with Crippen LogP contribution in [-0.4, -0.2) is 22.4 Å². The molecule has 0 saturated heterocycles. The van der Waals surface area contributed by atoms with Crippen LogP contribution in [0.25, 0.3) is 0 Å². The summed E-state index contributed by atoms with van der Waals surface area (Å²) in [5, 5.41) is 3.59. The zero-order valence-electron chi connectivity index (χ0n) is 13.8. The van der Waals surface area contributed by atoms with E-state index in [9.17, 15) is 13.6 Å². The quantitative estimate of drug-likeness (QED) is 0.709. The predicted molar refractivity (Wildman–Crippen MR) is 95.9 cm³/mol. The van der Waals surface area contributed by atoms with Crippen molar-refractivity contribution < 1.29 is 13.6 Å². The Hall–Kier alpha value is -1.79. The summed E-state index contributed by atoms with van der Waals surface area (Å²) in [7, 11) is 0. The number of nitrogens with zero attached hydrogens (tertiary/aromatic N) is 2. The SMILES string of the molecule is O=C(NCC(CC1CC1)c1cnc(C(F)F)nc1)c1ccc(Cl)cc1Cl. The zero-order chi connectivity index (χ0) is 18.7. The first-order valence-electron chi connectivity index (χ1n) is 8.27. The normalized spacial score (nSPS) is 15.1. The third kappa shape index (κ3) is 4.89. The number of hydrogen-bond acceptors (Lipinski definition) is 3. The van der Waals surface area contributed by atoms with Crippen LogP contribution >= 0.6 is 23.2 Å². The van der Waals surface area contributed by atoms with Crippen molar-refractivity contribution in [3.63, 3.8) is 0 Å². The largest absolute Gasteiger partial charge is 0.351 e. The van der Waals surface area contributed by atoms with Gasteiger partial charge in [0, 0.05) is 29.9 Å². The van der Waals surface area contributed by atoms with E-state index >= 15 is 0 Å². The number of carbonyl (C=O) groups is 1. The summed E-state index contributed by atoms with van der Waals surface area (Å²) < 4.78 is 25.2. The van der Waals surface area contributed by atoms with E-state index in [1.807, 2.05) is 0 Å². The first-order chi connectivity index (χ1) is 12.4. The average Bonchev–Trinajstić information content (AvgIpc) is 3.42. The highest BCUT2D eigenvalue weighted by molar-refractivity contribution is 6.36. The standard InChI is InChI=1S/C18H17Cl2F2N3O/c19-13-3-4-14(15(20)6-13)18(26)25-7-11(5-10-1-2-10)12-8-23-17(16(21)22)24-9-12/h3-4,6,8-11,16H,1-2,5,7H2,(H,25,26). The second-order valence-electron chi connectivity index (χ2n) is 6.39. The summed E-state index contributed by atoms with van der Waals surface area (Å²) in [6.07, 6.45) is 3.28. The van der Waals surface area contributed by atoms with Gasteiger partial charge in [-0.2, -0.15) is 0 Å². The smallest absolute Gasteiger partial charge is 0.297 e. The molecule has 4 nitrogen and oxygen atoms in total. The zero-order valence-corrected chi connectivity index (χ0v) is 15.3. The van der Waals surface area contributed by atoms with Crippen LogP contribution in [0, 0.1) is 5.92 Å². The van der Waals surface area contributed by atoms with Crippen LogP contribution in [0.2, 0.25) is 10.0 Å². The number of rotatable bonds is 7. The monoisotopic (exact) mass is 399 g/mol. The van der Waals surface area contributed by atoms with Crippen molar-refractivity contribution in [3.05, 3.63) is 57.6 Å². The van der Waals surface area contributed by atoms with Gasteiger partial charge in [0.25, 0.3) is 12.3 Å². The van der Waals surface area contributed by atoms with E-state index in [0.717, 1.165) is 24.8 Å². The van der Waals surface area contributed by atoms with E-state index in [1.54, 1.807) is 12.1 Å². The molecule has 1 N–H and O–H groups in total. The molecular formula is C18H17Cl2F2N3O. The number of halogens is 4. The van der Waals surface area contributed by atoms with Crippen molar-refractivity contribution in [2.45, 2.75) is 31.6 Å². The number of nitrogens with one attached hydrogen (secondary N) is 1. The van der Waals surface area contributed by atoms with Crippen molar-refractivity contribution in [3.8, 4) is 0 Å². The van der Waals surface area contributed by atoms with Crippen molar-refractivity contribution in [2.75, 3.05) is 6.54 Å². The maximum Gasteiger partial charge on any atom is 0.297 e. The van der Waals surface area contributed by atoms with Crippen LogP contribution in [0.5, 0.6) is 0 Å². The fourth-order valence-corrected chi connectivity index (χ4v) is 3.24. The van der Waals surface area contributed by atoms with Gasteiger partial charge in [0.1, 0.15) is 0 Å². The van der Waals surface area contributed by atoms with Crippen LogP contribution in [0.3, 0.4) is 0 Å². The maximum atomic E-state index is 12.6. The summed E-state index contributed by atoms with van der Waals surface area (Å²) in [6, 6.07) is 4.67. The Morgan fingerprint density at radius 1 is 1.23 bits per heavy atom. The highest BCUT2D eigenvalue weighted by atomic mass is 35.5. The van der Waals surface area contributed by atoms with E-state index in [1.165, 1.54) is 18.5 Å². The molecule has 0 radical (unpaired) electrons. The summed E-state index contributed by atoms with van der Waals surface area (Å²) in [4.78, 5) is 19.8.